The number of hydrogen-bond donors (Lipinski definition) is 3. The Morgan fingerprint density at radius 2 is 1.75 bits per heavy atom. The normalized spacial score (nSPS) is 23.9. The number of rotatable bonds is 25. The number of aliphatic hydroxyl groups excluding tert-OH is 3. The third-order valence-corrected chi connectivity index (χ3v) is 12.8. The van der Waals surface area contributed by atoms with Crippen LogP contribution >= 0.6 is 0 Å². The van der Waals surface area contributed by atoms with Crippen molar-refractivity contribution in [2.24, 2.45) is 28.8 Å². The van der Waals surface area contributed by atoms with E-state index in [-0.39, 0.29) is 107 Å². The van der Waals surface area contributed by atoms with Gasteiger partial charge in [-0.3, -0.25) is 14.9 Å². The molecule has 4 aliphatic rings. The van der Waals surface area contributed by atoms with E-state index < -0.39 is 22.7 Å². The molecule has 6 unspecified atom stereocenters. The molecule has 0 spiro atoms. The molecule has 3 aromatic carbocycles. The second kappa shape index (κ2) is 22.1. The minimum absolute atomic E-state index is 0.00321. The minimum Gasteiger partial charge on any atom is -0.489 e. The molecular weight excluding hydrogens is 826 g/mol. The van der Waals surface area contributed by atoms with Gasteiger partial charge in [0.25, 0.3) is 5.69 Å². The molecule has 15 heteroatoms. The van der Waals surface area contributed by atoms with Gasteiger partial charge in [0, 0.05) is 61.3 Å². The first-order valence-electron chi connectivity index (χ1n) is 22.5. The van der Waals surface area contributed by atoms with Gasteiger partial charge in [-0.05, 0) is 97.9 Å². The molecule has 0 bridgehead atoms. The summed E-state index contributed by atoms with van der Waals surface area (Å²) in [5.74, 6) is -1.93. The summed E-state index contributed by atoms with van der Waals surface area (Å²) in [5.41, 5.74) is 3.36. The number of aliphatic hydroxyl groups is 3. The summed E-state index contributed by atoms with van der Waals surface area (Å²) >= 11 is 0. The van der Waals surface area contributed by atoms with Crippen molar-refractivity contribution in [1.29, 1.82) is 0 Å². The predicted molar refractivity (Wildman–Crippen MR) is 236 cm³/mol. The number of halogens is 1. The second-order valence-corrected chi connectivity index (χ2v) is 17.0. The number of fused-ring (bicyclic) bond motifs is 2. The third kappa shape index (κ3) is 10.7. The Bertz CT molecular complexity index is 2130. The van der Waals surface area contributed by atoms with Gasteiger partial charge in [0.15, 0.2) is 0 Å². The molecule has 1 heterocycles. The summed E-state index contributed by atoms with van der Waals surface area (Å²) < 4.78 is 41.2. The summed E-state index contributed by atoms with van der Waals surface area (Å²) in [5, 5.41) is 45.6. The first-order valence-corrected chi connectivity index (χ1v) is 22.5. The van der Waals surface area contributed by atoms with E-state index in [1.165, 1.54) is 18.2 Å². The maximum absolute atomic E-state index is 14.8. The van der Waals surface area contributed by atoms with Gasteiger partial charge in [0.05, 0.1) is 43.0 Å². The molecule has 7 rings (SSSR count). The van der Waals surface area contributed by atoms with E-state index in [1.54, 1.807) is 42.5 Å². The molecule has 344 valence electrons. The van der Waals surface area contributed by atoms with Crippen molar-refractivity contribution in [2.75, 3.05) is 46.2 Å². The van der Waals surface area contributed by atoms with Gasteiger partial charge in [0.2, 0.25) is 11.7 Å². The topological polar surface area (TPSA) is 183 Å². The number of ether oxygens (including phenoxy) is 4. The number of carbonyl (C=O) groups is 1. The molecule has 0 aromatic heterocycles. The third-order valence-electron chi connectivity index (χ3n) is 12.8. The first kappa shape index (κ1) is 46.8. The quantitative estimate of drug-likeness (QED) is 0.0334. The Kier molecular flexibility index (Phi) is 16.2. The number of nitro groups is 1. The number of allylic oxidation sites excluding steroid dienone is 1. The van der Waals surface area contributed by atoms with Crippen molar-refractivity contribution in [2.45, 2.75) is 88.7 Å². The van der Waals surface area contributed by atoms with Gasteiger partial charge in [-0.1, -0.05) is 48.3 Å². The summed E-state index contributed by atoms with van der Waals surface area (Å²) in [6.45, 7) is 4.50. The van der Waals surface area contributed by atoms with Crippen LogP contribution in [0.5, 0.6) is 11.5 Å². The fourth-order valence-corrected chi connectivity index (χ4v) is 9.73. The van der Waals surface area contributed by atoms with Crippen LogP contribution in [0.1, 0.15) is 80.4 Å². The molecule has 14 nitrogen and oxygen atoms in total. The van der Waals surface area contributed by atoms with Crippen molar-refractivity contribution in [3.63, 3.8) is 0 Å². The fourth-order valence-electron chi connectivity index (χ4n) is 9.73. The molecule has 1 amide bonds. The van der Waals surface area contributed by atoms with Crippen LogP contribution in [0, 0.1) is 39.6 Å². The lowest BCUT2D eigenvalue weighted by Crippen LogP contribution is -2.70. The lowest BCUT2D eigenvalue weighted by molar-refractivity contribution is -0.384. The molecule has 2 saturated carbocycles. The number of unbranched alkanes of at least 4 members (excludes halogenated alkanes) is 2. The lowest BCUT2D eigenvalue weighted by Gasteiger charge is -2.60. The second-order valence-electron chi connectivity index (χ2n) is 17.0. The van der Waals surface area contributed by atoms with Crippen LogP contribution < -0.4 is 9.47 Å². The molecule has 3 aliphatic carbocycles. The van der Waals surface area contributed by atoms with E-state index in [4.69, 9.17) is 28.9 Å². The van der Waals surface area contributed by atoms with E-state index >= 15 is 0 Å². The van der Waals surface area contributed by atoms with Crippen molar-refractivity contribution in [1.82, 2.24) is 4.90 Å². The monoisotopic (exact) mass is 885 g/mol. The number of non-ortho nitro benzene ring substituents is 1. The van der Waals surface area contributed by atoms with E-state index in [9.17, 15) is 34.6 Å². The predicted octanol–water partition coefficient (Wildman–Crippen LogP) is 7.39. The van der Waals surface area contributed by atoms with Crippen LogP contribution in [0.3, 0.4) is 0 Å². The molecule has 64 heavy (non-hydrogen) atoms. The molecule has 3 aromatic rings. The number of benzene rings is 3. The maximum Gasteiger partial charge on any atom is 0.269 e. The zero-order valence-electron chi connectivity index (χ0n) is 36.2. The summed E-state index contributed by atoms with van der Waals surface area (Å²) in [4.78, 5) is 33.4. The average Bonchev–Trinajstić information content (AvgIpc) is 4.16. The SMILES string of the molecule is C=CCOC12Oc3ccc(OCc4ccccc4F)cc3C3C(CCCCO)C(CCCCO)C=C(C(=NOCc4ccc([N+](=O)[O-])cc4)CC1N(CCOCCO)C(=O)C1CC1)C32. The minimum atomic E-state index is -1.47. The fraction of sp³-hybridized carbons (Fsp3) is 0.510. The van der Waals surface area contributed by atoms with Crippen LogP contribution in [0.25, 0.3) is 0 Å². The smallest absolute Gasteiger partial charge is 0.269 e. The van der Waals surface area contributed by atoms with Crippen LogP contribution in [0.15, 0.2) is 96.2 Å². The van der Waals surface area contributed by atoms with Gasteiger partial charge in [-0.2, -0.15) is 0 Å². The van der Waals surface area contributed by atoms with Crippen LogP contribution in [-0.4, -0.2) is 94.8 Å². The first-order chi connectivity index (χ1) is 31.2. The zero-order chi connectivity index (χ0) is 45.1. The summed E-state index contributed by atoms with van der Waals surface area (Å²) in [6.07, 6.45) is 9.81. The number of amides is 1. The number of oxime groups is 1. The average molecular weight is 886 g/mol. The van der Waals surface area contributed by atoms with E-state index in [0.717, 1.165) is 49.7 Å². The highest BCUT2D eigenvalue weighted by atomic mass is 19.1. The highest BCUT2D eigenvalue weighted by Gasteiger charge is 2.66. The van der Waals surface area contributed by atoms with Gasteiger partial charge >= 0.3 is 0 Å². The Morgan fingerprint density at radius 1 is 0.984 bits per heavy atom. The summed E-state index contributed by atoms with van der Waals surface area (Å²) in [6, 6.07) is 17.4. The molecule has 1 aliphatic heterocycles. The lowest BCUT2D eigenvalue weighted by atomic mass is 9.55. The number of nitrogens with zero attached hydrogens (tertiary/aromatic N) is 3. The zero-order valence-corrected chi connectivity index (χ0v) is 36.2. The Hall–Kier alpha value is -5.19. The highest BCUT2D eigenvalue weighted by molar-refractivity contribution is 6.03. The van der Waals surface area contributed by atoms with Gasteiger partial charge in [-0.25, -0.2) is 4.39 Å². The molecular formula is C49H60FN3O11. The Labute approximate surface area is 373 Å². The van der Waals surface area contributed by atoms with E-state index in [1.807, 2.05) is 17.0 Å². The number of carbonyl (C=O) groups excluding carboxylic acids is 1. The van der Waals surface area contributed by atoms with Crippen molar-refractivity contribution < 1.29 is 53.2 Å². The molecule has 0 saturated heterocycles. The maximum atomic E-state index is 14.8. The van der Waals surface area contributed by atoms with Crippen LogP contribution in [0.2, 0.25) is 0 Å². The Morgan fingerprint density at radius 3 is 2.45 bits per heavy atom. The molecule has 0 radical (unpaired) electrons. The van der Waals surface area contributed by atoms with Crippen LogP contribution in [-0.2, 0) is 32.3 Å². The van der Waals surface area contributed by atoms with Crippen molar-refractivity contribution in [3.8, 4) is 11.5 Å². The highest BCUT2D eigenvalue weighted by Crippen LogP contribution is 2.62. The Balaban J connectivity index is 1.39. The van der Waals surface area contributed by atoms with Gasteiger partial charge in [0.1, 0.15) is 36.6 Å². The largest absolute Gasteiger partial charge is 0.489 e. The van der Waals surface area contributed by atoms with Crippen molar-refractivity contribution >= 4 is 17.3 Å². The van der Waals surface area contributed by atoms with E-state index in [0.29, 0.717) is 41.2 Å². The molecule has 3 N–H and O–H groups in total. The number of hydrogen-bond acceptors (Lipinski definition) is 12. The molecule has 2 fully saturated rings. The van der Waals surface area contributed by atoms with E-state index in [2.05, 4.69) is 12.7 Å². The standard InChI is InChI=1S/C49H60FN3O11/c1-2-25-62-49-45(52(21-26-60-27-24-56)48(57)34-15-16-34)30-43(51-63-31-33-13-17-37(18-14-33)53(58)59)40-28-35(9-5-7-22-54)39(11-6-8-23-55)46(47(40)49)41-29-38(19-20-44(41)64-49)61-32-36-10-3-4-12-42(36)50/h2-4,10,12-14,17-20,28-29,34-35,39,45-47,54-56H,1,5-9,11,15-16,21-27,30-32H2. The number of nitro benzene ring substituents is 1. The molecule has 6 atom stereocenters. The van der Waals surface area contributed by atoms with Crippen LogP contribution in [0.4, 0.5) is 10.1 Å². The van der Waals surface area contributed by atoms with Crippen molar-refractivity contribution in [3.05, 3.63) is 124 Å². The van der Waals surface area contributed by atoms with Gasteiger partial charge in [-0.15, -0.1) is 6.58 Å². The van der Waals surface area contributed by atoms with Gasteiger partial charge < -0.3 is 44.0 Å². The summed E-state index contributed by atoms with van der Waals surface area (Å²) in [7, 11) is 0.